The van der Waals surface area contributed by atoms with Crippen molar-refractivity contribution in [1.82, 2.24) is 15.3 Å². The number of fused-ring (bicyclic) bond motifs is 1. The van der Waals surface area contributed by atoms with Crippen molar-refractivity contribution in [1.29, 1.82) is 0 Å². The van der Waals surface area contributed by atoms with E-state index in [2.05, 4.69) is 20.6 Å². The number of nitrogens with zero attached hydrogens (tertiary/aromatic N) is 1. The predicted octanol–water partition coefficient (Wildman–Crippen LogP) is 1.91. The number of carbonyl (C=O) groups excluding carboxylic acids is 2. The maximum absolute atomic E-state index is 12.1. The van der Waals surface area contributed by atoms with Gasteiger partial charge in [-0.3, -0.25) is 14.9 Å². The van der Waals surface area contributed by atoms with Gasteiger partial charge in [-0.1, -0.05) is 12.1 Å². The van der Waals surface area contributed by atoms with Crippen LogP contribution in [0.25, 0.3) is 11.0 Å². The summed E-state index contributed by atoms with van der Waals surface area (Å²) in [4.78, 5) is 31.1. The highest BCUT2D eigenvalue weighted by Gasteiger charge is 2.19. The van der Waals surface area contributed by atoms with Gasteiger partial charge in [-0.15, -0.1) is 0 Å². The van der Waals surface area contributed by atoms with Gasteiger partial charge in [0.15, 0.2) is 5.76 Å². The summed E-state index contributed by atoms with van der Waals surface area (Å²) in [6.07, 6.45) is 1.40. The number of hydrogen-bond acceptors (Lipinski definition) is 4. The van der Waals surface area contributed by atoms with Crippen LogP contribution in [0.1, 0.15) is 17.5 Å². The van der Waals surface area contributed by atoms with Crippen LogP contribution in [0.3, 0.4) is 0 Å². The van der Waals surface area contributed by atoms with Gasteiger partial charge in [0.2, 0.25) is 11.9 Å². The molecule has 1 atom stereocenters. The third-order valence-corrected chi connectivity index (χ3v) is 3.12. The van der Waals surface area contributed by atoms with E-state index in [1.165, 1.54) is 12.3 Å². The van der Waals surface area contributed by atoms with E-state index < -0.39 is 11.9 Å². The molecule has 0 saturated heterocycles. The van der Waals surface area contributed by atoms with Crippen LogP contribution >= 0.6 is 0 Å². The second kappa shape index (κ2) is 5.72. The monoisotopic (exact) mass is 298 g/mol. The number of benzene rings is 1. The quantitative estimate of drug-likeness (QED) is 0.685. The molecule has 3 aromatic rings. The van der Waals surface area contributed by atoms with Crippen molar-refractivity contribution in [2.75, 3.05) is 5.32 Å². The molecule has 0 radical (unpaired) electrons. The van der Waals surface area contributed by atoms with Crippen LogP contribution in [0, 0.1) is 0 Å². The molecule has 112 valence electrons. The molecule has 3 rings (SSSR count). The zero-order valence-corrected chi connectivity index (χ0v) is 11.8. The molecule has 0 aliphatic rings. The van der Waals surface area contributed by atoms with E-state index in [4.69, 9.17) is 4.42 Å². The summed E-state index contributed by atoms with van der Waals surface area (Å²) in [5, 5.41) is 5.18. The number of carbonyl (C=O) groups is 2. The largest absolute Gasteiger partial charge is 0.459 e. The number of aromatic nitrogens is 2. The van der Waals surface area contributed by atoms with Crippen molar-refractivity contribution in [3.05, 3.63) is 48.4 Å². The Morgan fingerprint density at radius 2 is 2.05 bits per heavy atom. The summed E-state index contributed by atoms with van der Waals surface area (Å²) in [5.41, 5.74) is 1.58. The molecule has 7 nitrogen and oxygen atoms in total. The minimum absolute atomic E-state index is 0.156. The number of para-hydroxylation sites is 2. The van der Waals surface area contributed by atoms with Gasteiger partial charge in [0, 0.05) is 0 Å². The standard InChI is InChI=1S/C15H14N4O3/c1-9(16-14(21)12-7-4-8-22-12)13(20)19-15-17-10-5-2-3-6-11(10)18-15/h2-9H,1H3,(H,16,21)(H2,17,18,19,20)/t9-/m1/s1. The third kappa shape index (κ3) is 2.83. The van der Waals surface area contributed by atoms with Crippen LogP contribution in [-0.4, -0.2) is 27.8 Å². The number of amides is 2. The number of H-pyrrole nitrogens is 1. The van der Waals surface area contributed by atoms with Crippen LogP contribution in [0.4, 0.5) is 5.95 Å². The molecule has 3 N–H and O–H groups in total. The molecule has 22 heavy (non-hydrogen) atoms. The molecule has 1 aromatic carbocycles. The lowest BCUT2D eigenvalue weighted by atomic mass is 10.3. The van der Waals surface area contributed by atoms with Gasteiger partial charge in [0.25, 0.3) is 5.91 Å². The Balaban J connectivity index is 1.64. The van der Waals surface area contributed by atoms with E-state index in [9.17, 15) is 9.59 Å². The first-order chi connectivity index (χ1) is 10.6. The van der Waals surface area contributed by atoms with Gasteiger partial charge in [-0.25, -0.2) is 4.98 Å². The second-order valence-electron chi connectivity index (χ2n) is 4.76. The maximum Gasteiger partial charge on any atom is 0.287 e. The summed E-state index contributed by atoms with van der Waals surface area (Å²) in [6, 6.07) is 9.84. The Hall–Kier alpha value is -3.09. The highest BCUT2D eigenvalue weighted by atomic mass is 16.3. The Morgan fingerprint density at radius 1 is 1.23 bits per heavy atom. The van der Waals surface area contributed by atoms with Gasteiger partial charge in [-0.05, 0) is 31.2 Å². The molecule has 2 aromatic heterocycles. The Kier molecular flexibility index (Phi) is 3.61. The van der Waals surface area contributed by atoms with Gasteiger partial charge >= 0.3 is 0 Å². The summed E-state index contributed by atoms with van der Waals surface area (Å²) in [6.45, 7) is 1.58. The second-order valence-corrected chi connectivity index (χ2v) is 4.76. The SMILES string of the molecule is C[C@@H](NC(=O)c1ccco1)C(=O)Nc1nc2ccccc2[nH]1. The Bertz CT molecular complexity index is 774. The highest BCUT2D eigenvalue weighted by molar-refractivity contribution is 5.99. The molecule has 0 fully saturated rings. The minimum Gasteiger partial charge on any atom is -0.459 e. The Morgan fingerprint density at radius 3 is 2.77 bits per heavy atom. The fourth-order valence-corrected chi connectivity index (χ4v) is 1.98. The summed E-state index contributed by atoms with van der Waals surface area (Å²) >= 11 is 0. The van der Waals surface area contributed by atoms with Gasteiger partial charge < -0.3 is 14.7 Å². The maximum atomic E-state index is 12.1. The molecule has 2 heterocycles. The summed E-state index contributed by atoms with van der Waals surface area (Å²) in [7, 11) is 0. The number of hydrogen-bond donors (Lipinski definition) is 3. The number of rotatable bonds is 4. The van der Waals surface area contributed by atoms with Crippen molar-refractivity contribution in [2.24, 2.45) is 0 Å². The molecule has 0 unspecified atom stereocenters. The minimum atomic E-state index is -0.731. The average Bonchev–Trinajstić information content (AvgIpc) is 3.15. The number of imidazole rings is 1. The lowest BCUT2D eigenvalue weighted by Crippen LogP contribution is -2.41. The first-order valence-electron chi connectivity index (χ1n) is 6.73. The topological polar surface area (TPSA) is 100 Å². The Labute approximate surface area is 125 Å². The molecule has 0 aliphatic carbocycles. The van der Waals surface area contributed by atoms with Crippen molar-refractivity contribution < 1.29 is 14.0 Å². The van der Waals surface area contributed by atoms with Crippen molar-refractivity contribution >= 4 is 28.8 Å². The number of nitrogens with one attached hydrogen (secondary N) is 3. The number of aromatic amines is 1. The van der Waals surface area contributed by atoms with E-state index in [1.54, 1.807) is 13.0 Å². The molecule has 7 heteroatoms. The molecule has 0 spiro atoms. The smallest absolute Gasteiger partial charge is 0.287 e. The van der Waals surface area contributed by atoms with Crippen LogP contribution in [0.2, 0.25) is 0 Å². The van der Waals surface area contributed by atoms with E-state index in [1.807, 2.05) is 24.3 Å². The fourth-order valence-electron chi connectivity index (χ4n) is 1.98. The van der Waals surface area contributed by atoms with Gasteiger partial charge in [0.05, 0.1) is 17.3 Å². The van der Waals surface area contributed by atoms with Crippen molar-refractivity contribution in [2.45, 2.75) is 13.0 Å². The number of furan rings is 1. The molecular formula is C15H14N4O3. The number of anilines is 1. The third-order valence-electron chi connectivity index (χ3n) is 3.12. The molecular weight excluding hydrogens is 284 g/mol. The van der Waals surface area contributed by atoms with Crippen LogP contribution in [0.15, 0.2) is 47.1 Å². The highest BCUT2D eigenvalue weighted by Crippen LogP contribution is 2.13. The van der Waals surface area contributed by atoms with Crippen LogP contribution < -0.4 is 10.6 Å². The fraction of sp³-hybridized carbons (Fsp3) is 0.133. The predicted molar refractivity (Wildman–Crippen MR) is 80.4 cm³/mol. The van der Waals surface area contributed by atoms with Crippen molar-refractivity contribution in [3.63, 3.8) is 0 Å². The zero-order valence-electron chi connectivity index (χ0n) is 11.8. The van der Waals surface area contributed by atoms with E-state index in [0.29, 0.717) is 5.95 Å². The van der Waals surface area contributed by atoms with E-state index in [-0.39, 0.29) is 11.7 Å². The summed E-state index contributed by atoms with van der Waals surface area (Å²) < 4.78 is 4.97. The first-order valence-corrected chi connectivity index (χ1v) is 6.73. The van der Waals surface area contributed by atoms with Crippen LogP contribution in [-0.2, 0) is 4.79 Å². The lowest BCUT2D eigenvalue weighted by Gasteiger charge is -2.11. The molecule has 0 aliphatic heterocycles. The lowest BCUT2D eigenvalue weighted by molar-refractivity contribution is -0.117. The molecule has 0 saturated carbocycles. The van der Waals surface area contributed by atoms with E-state index >= 15 is 0 Å². The van der Waals surface area contributed by atoms with Gasteiger partial charge in [0.1, 0.15) is 6.04 Å². The summed E-state index contributed by atoms with van der Waals surface area (Å²) in [5.74, 6) is -0.329. The van der Waals surface area contributed by atoms with E-state index in [0.717, 1.165) is 11.0 Å². The molecule has 0 bridgehead atoms. The average molecular weight is 298 g/mol. The van der Waals surface area contributed by atoms with Gasteiger partial charge in [-0.2, -0.15) is 0 Å². The zero-order chi connectivity index (χ0) is 15.5. The van der Waals surface area contributed by atoms with Crippen LogP contribution in [0.5, 0.6) is 0 Å². The normalized spacial score (nSPS) is 12.0. The first kappa shape index (κ1) is 13.9. The molecule has 2 amide bonds. The van der Waals surface area contributed by atoms with Crippen molar-refractivity contribution in [3.8, 4) is 0 Å².